The summed E-state index contributed by atoms with van der Waals surface area (Å²) in [5.74, 6) is -0.584. The SMILES string of the molecule is CC[C@@H](C)NC(=O)[C@@H](C)N(Cc1cccc(Cl)c1)C(=O)CN(c1ccc(OC)c(Cl)c1)S(=O)(=O)c1ccccc1. The Bertz CT molecular complexity index is 1440. The Labute approximate surface area is 245 Å². The number of methoxy groups -OCH3 is 1. The molecule has 1 N–H and O–H groups in total. The average molecular weight is 607 g/mol. The number of ether oxygens (including phenoxy) is 1. The van der Waals surface area contributed by atoms with Gasteiger partial charge in [0, 0.05) is 17.6 Å². The normalized spacial score (nSPS) is 12.8. The summed E-state index contributed by atoms with van der Waals surface area (Å²) in [4.78, 5) is 28.4. The van der Waals surface area contributed by atoms with E-state index in [0.29, 0.717) is 22.8 Å². The summed E-state index contributed by atoms with van der Waals surface area (Å²) in [6.45, 7) is 4.88. The van der Waals surface area contributed by atoms with E-state index in [2.05, 4.69) is 5.32 Å². The zero-order valence-electron chi connectivity index (χ0n) is 22.8. The second kappa shape index (κ2) is 13.9. The third-order valence-electron chi connectivity index (χ3n) is 6.44. The molecule has 0 fully saturated rings. The highest BCUT2D eigenvalue weighted by molar-refractivity contribution is 7.92. The molecule has 3 aromatic rings. The molecule has 0 aromatic heterocycles. The highest BCUT2D eigenvalue weighted by atomic mass is 35.5. The molecule has 0 aliphatic rings. The summed E-state index contributed by atoms with van der Waals surface area (Å²) in [6.07, 6.45) is 0.710. The quantitative estimate of drug-likeness (QED) is 0.293. The monoisotopic (exact) mass is 605 g/mol. The van der Waals surface area contributed by atoms with Crippen molar-refractivity contribution in [1.82, 2.24) is 10.2 Å². The fourth-order valence-corrected chi connectivity index (χ4v) is 5.83. The minimum atomic E-state index is -4.20. The molecule has 2 atom stereocenters. The van der Waals surface area contributed by atoms with E-state index >= 15 is 0 Å². The molecule has 0 saturated heterocycles. The van der Waals surface area contributed by atoms with Gasteiger partial charge < -0.3 is 15.0 Å². The number of carbonyl (C=O) groups is 2. The number of amides is 2. The van der Waals surface area contributed by atoms with E-state index in [1.165, 1.54) is 42.3 Å². The third-order valence-corrected chi connectivity index (χ3v) is 8.76. The fourth-order valence-electron chi connectivity index (χ4n) is 3.94. The first kappa shape index (κ1) is 31.3. The average Bonchev–Trinajstić information content (AvgIpc) is 2.94. The highest BCUT2D eigenvalue weighted by Crippen LogP contribution is 2.32. The smallest absolute Gasteiger partial charge is 0.264 e. The molecule has 0 radical (unpaired) electrons. The van der Waals surface area contributed by atoms with E-state index in [4.69, 9.17) is 27.9 Å². The maximum atomic E-state index is 14.0. The van der Waals surface area contributed by atoms with Crippen molar-refractivity contribution < 1.29 is 22.7 Å². The predicted octanol–water partition coefficient (Wildman–Crippen LogP) is 5.53. The van der Waals surface area contributed by atoms with Crippen LogP contribution in [0, 0.1) is 0 Å². The lowest BCUT2D eigenvalue weighted by molar-refractivity contribution is -0.139. The topological polar surface area (TPSA) is 96.0 Å². The molecule has 2 amide bonds. The molecule has 0 aliphatic carbocycles. The van der Waals surface area contributed by atoms with E-state index in [9.17, 15) is 18.0 Å². The van der Waals surface area contributed by atoms with Crippen molar-refractivity contribution in [3.8, 4) is 5.75 Å². The fraction of sp³-hybridized carbons (Fsp3) is 0.310. The van der Waals surface area contributed by atoms with Crippen LogP contribution in [0.25, 0.3) is 0 Å². The second-order valence-corrected chi connectivity index (χ2v) is 12.0. The molecule has 8 nitrogen and oxygen atoms in total. The Morgan fingerprint density at radius 1 is 0.975 bits per heavy atom. The Morgan fingerprint density at radius 3 is 2.27 bits per heavy atom. The predicted molar refractivity (Wildman–Crippen MR) is 158 cm³/mol. The van der Waals surface area contributed by atoms with Crippen molar-refractivity contribution >= 4 is 50.7 Å². The number of hydrogen-bond donors (Lipinski definition) is 1. The standard InChI is InChI=1S/C29H33Cl2N3O5S/c1-5-20(2)32-29(36)21(3)33(18-22-10-9-11-23(30)16-22)28(35)19-34(24-14-15-27(39-4)26(31)17-24)40(37,38)25-12-7-6-8-13-25/h6-17,20-21H,5,18-19H2,1-4H3,(H,32,36)/t20-,21-/m1/s1. The Kier molecular flexibility index (Phi) is 10.8. The summed E-state index contributed by atoms with van der Waals surface area (Å²) in [5, 5.41) is 3.55. The van der Waals surface area contributed by atoms with Crippen LogP contribution in [0.15, 0.2) is 77.7 Å². The Morgan fingerprint density at radius 2 is 1.68 bits per heavy atom. The van der Waals surface area contributed by atoms with Crippen LogP contribution in [0.5, 0.6) is 5.75 Å². The van der Waals surface area contributed by atoms with Gasteiger partial charge >= 0.3 is 0 Å². The van der Waals surface area contributed by atoms with Crippen molar-refractivity contribution in [2.75, 3.05) is 18.0 Å². The van der Waals surface area contributed by atoms with Crippen LogP contribution in [-0.4, -0.2) is 50.9 Å². The first-order valence-corrected chi connectivity index (χ1v) is 14.9. The van der Waals surface area contributed by atoms with Crippen molar-refractivity contribution in [3.63, 3.8) is 0 Å². The van der Waals surface area contributed by atoms with Crippen molar-refractivity contribution in [3.05, 3.63) is 88.4 Å². The van der Waals surface area contributed by atoms with E-state index in [1.807, 2.05) is 13.8 Å². The van der Waals surface area contributed by atoms with Crippen LogP contribution >= 0.6 is 23.2 Å². The van der Waals surface area contributed by atoms with Gasteiger partial charge in [0.1, 0.15) is 18.3 Å². The zero-order chi connectivity index (χ0) is 29.4. The number of rotatable bonds is 12. The van der Waals surface area contributed by atoms with Gasteiger partial charge in [0.2, 0.25) is 11.8 Å². The lowest BCUT2D eigenvalue weighted by Gasteiger charge is -2.32. The summed E-state index contributed by atoms with van der Waals surface area (Å²) < 4.78 is 33.9. The molecule has 0 spiro atoms. The van der Waals surface area contributed by atoms with Gasteiger partial charge in [-0.15, -0.1) is 0 Å². The number of benzene rings is 3. The second-order valence-electron chi connectivity index (χ2n) is 9.29. The Balaban J connectivity index is 2.05. The number of sulfonamides is 1. The van der Waals surface area contributed by atoms with Crippen molar-refractivity contribution in [2.45, 2.75) is 50.7 Å². The molecule has 0 aliphatic heterocycles. The van der Waals surface area contributed by atoms with Crippen molar-refractivity contribution in [2.24, 2.45) is 0 Å². The molecule has 40 heavy (non-hydrogen) atoms. The van der Waals surface area contributed by atoms with Crippen LogP contribution in [0.1, 0.15) is 32.8 Å². The lowest BCUT2D eigenvalue weighted by atomic mass is 10.1. The van der Waals surface area contributed by atoms with Crippen LogP contribution in [0.3, 0.4) is 0 Å². The van der Waals surface area contributed by atoms with Gasteiger partial charge in [-0.05, 0) is 68.3 Å². The summed E-state index contributed by atoms with van der Waals surface area (Å²) in [6, 6.07) is 18.2. The third kappa shape index (κ3) is 7.68. The van der Waals surface area contributed by atoms with Gasteiger partial charge in [-0.3, -0.25) is 13.9 Å². The van der Waals surface area contributed by atoms with E-state index in [1.54, 1.807) is 49.4 Å². The molecule has 11 heteroatoms. The van der Waals surface area contributed by atoms with Crippen LogP contribution in [0.2, 0.25) is 10.0 Å². The molecular weight excluding hydrogens is 573 g/mol. The lowest BCUT2D eigenvalue weighted by Crippen LogP contribution is -2.52. The zero-order valence-corrected chi connectivity index (χ0v) is 25.1. The summed E-state index contributed by atoms with van der Waals surface area (Å²) in [7, 11) is -2.76. The van der Waals surface area contributed by atoms with Crippen LogP contribution in [0.4, 0.5) is 5.69 Å². The van der Waals surface area contributed by atoms with Crippen LogP contribution in [-0.2, 0) is 26.2 Å². The molecule has 3 aromatic carbocycles. The van der Waals surface area contributed by atoms with Crippen LogP contribution < -0.4 is 14.4 Å². The van der Waals surface area contributed by atoms with Gasteiger partial charge in [-0.25, -0.2) is 8.42 Å². The maximum Gasteiger partial charge on any atom is 0.264 e. The number of halogens is 2. The molecule has 0 bridgehead atoms. The van der Waals surface area contributed by atoms with E-state index in [-0.39, 0.29) is 34.1 Å². The Hall–Kier alpha value is -3.27. The molecule has 0 heterocycles. The number of nitrogens with one attached hydrogen (secondary N) is 1. The van der Waals surface area contributed by atoms with Crippen molar-refractivity contribution in [1.29, 1.82) is 0 Å². The van der Waals surface area contributed by atoms with Gasteiger partial charge in [0.15, 0.2) is 0 Å². The number of anilines is 1. The number of hydrogen-bond acceptors (Lipinski definition) is 5. The molecule has 3 rings (SSSR count). The first-order valence-electron chi connectivity index (χ1n) is 12.7. The summed E-state index contributed by atoms with van der Waals surface area (Å²) in [5.41, 5.74) is 0.858. The molecule has 0 unspecified atom stereocenters. The number of carbonyl (C=O) groups excluding carboxylic acids is 2. The molecular formula is C29H33Cl2N3O5S. The minimum absolute atomic E-state index is 0.00121. The van der Waals surface area contributed by atoms with E-state index in [0.717, 1.165) is 4.31 Å². The summed E-state index contributed by atoms with van der Waals surface area (Å²) >= 11 is 12.5. The number of nitrogens with zero attached hydrogens (tertiary/aromatic N) is 2. The molecule has 214 valence electrons. The first-order chi connectivity index (χ1) is 19.0. The van der Waals surface area contributed by atoms with E-state index < -0.39 is 28.5 Å². The maximum absolute atomic E-state index is 14.0. The largest absolute Gasteiger partial charge is 0.495 e. The molecule has 0 saturated carbocycles. The van der Waals surface area contributed by atoms with Gasteiger partial charge in [-0.1, -0.05) is 60.5 Å². The van der Waals surface area contributed by atoms with Gasteiger partial charge in [0.05, 0.1) is 22.7 Å². The minimum Gasteiger partial charge on any atom is -0.495 e. The van der Waals surface area contributed by atoms with Gasteiger partial charge in [0.25, 0.3) is 10.0 Å². The highest BCUT2D eigenvalue weighted by Gasteiger charge is 2.33. The van der Waals surface area contributed by atoms with Gasteiger partial charge in [-0.2, -0.15) is 0 Å².